The quantitative estimate of drug-likeness (QED) is 0.107. The Bertz CT molecular complexity index is 3180. The Morgan fingerprint density at radius 3 is 1.67 bits per heavy atom. The normalized spacial score (nSPS) is 11.5. The molecular formula is C44H30N2Na2O10S2. The molecule has 8 aromatic rings. The average Bonchev–Trinajstić information content (AvgIpc) is 3.82. The topological polar surface area (TPSA) is 177 Å². The molecule has 8 rings (SSSR count). The zero-order chi connectivity index (χ0) is 40.9. The van der Waals surface area contributed by atoms with Crippen molar-refractivity contribution in [1.29, 1.82) is 0 Å². The minimum absolute atomic E-state index is 0. The largest absolute Gasteiger partial charge is 1.00 e. The molecular weight excluding hydrogens is 827 g/mol. The summed E-state index contributed by atoms with van der Waals surface area (Å²) in [5, 5.41) is 1.54. The molecule has 2 aromatic heterocycles. The summed E-state index contributed by atoms with van der Waals surface area (Å²) in [5.41, 5.74) is 3.09. The van der Waals surface area contributed by atoms with Crippen LogP contribution in [0, 0.1) is 6.92 Å². The van der Waals surface area contributed by atoms with Gasteiger partial charge in [-0.15, -0.1) is 0 Å². The van der Waals surface area contributed by atoms with Crippen LogP contribution in [0.2, 0.25) is 0 Å². The van der Waals surface area contributed by atoms with Gasteiger partial charge < -0.3 is 27.7 Å². The van der Waals surface area contributed by atoms with Gasteiger partial charge in [0.1, 0.15) is 43.2 Å². The number of rotatable bonds is 11. The first-order valence-corrected chi connectivity index (χ1v) is 20.4. The molecule has 0 amide bonds. The van der Waals surface area contributed by atoms with Gasteiger partial charge in [0.05, 0.1) is 20.8 Å². The third-order valence-electron chi connectivity index (χ3n) is 9.75. The molecule has 0 unspecified atom stereocenters. The second-order valence-electron chi connectivity index (χ2n) is 13.5. The van der Waals surface area contributed by atoms with Crippen LogP contribution in [0.5, 0.6) is 23.0 Å². The number of hydrogen-bond acceptors (Lipinski definition) is 10. The molecule has 290 valence electrons. The van der Waals surface area contributed by atoms with E-state index >= 15 is 0 Å². The number of carbonyl (C=O) groups excluding carboxylic acids is 2. The molecule has 6 aromatic carbocycles. The molecule has 16 heteroatoms. The summed E-state index contributed by atoms with van der Waals surface area (Å²) in [6.07, 6.45) is 3.74. The Balaban J connectivity index is 0.00000302. The Morgan fingerprint density at radius 2 is 1.03 bits per heavy atom. The van der Waals surface area contributed by atoms with E-state index in [-0.39, 0.29) is 93.1 Å². The average molecular weight is 857 g/mol. The van der Waals surface area contributed by atoms with Crippen LogP contribution in [0.25, 0.3) is 27.5 Å². The molecule has 0 aliphatic heterocycles. The summed E-state index contributed by atoms with van der Waals surface area (Å²) in [4.78, 5) is 25.3. The summed E-state index contributed by atoms with van der Waals surface area (Å²) < 4.78 is 88.3. The molecule has 0 N–H and O–H groups in total. The van der Waals surface area contributed by atoms with Crippen molar-refractivity contribution in [3.63, 3.8) is 0 Å². The van der Waals surface area contributed by atoms with E-state index in [0.29, 0.717) is 33.5 Å². The van der Waals surface area contributed by atoms with E-state index < -0.39 is 35.8 Å². The number of aryl methyl sites for hydroxylation is 2. The van der Waals surface area contributed by atoms with Crippen molar-refractivity contribution in [2.75, 3.05) is 0 Å². The molecule has 12 nitrogen and oxygen atoms in total. The van der Waals surface area contributed by atoms with Gasteiger partial charge in [0, 0.05) is 58.2 Å². The zero-order valence-corrected chi connectivity index (χ0v) is 38.3. The van der Waals surface area contributed by atoms with E-state index in [2.05, 4.69) is 0 Å². The first-order chi connectivity index (χ1) is 27.7. The number of benzene rings is 6. The second-order valence-corrected chi connectivity index (χ2v) is 16.2. The number of carbonyl (C=O) groups is 2. The first kappa shape index (κ1) is 44.7. The van der Waals surface area contributed by atoms with Gasteiger partial charge in [-0.3, -0.25) is 9.59 Å². The standard InChI is InChI=1S/C44H32N2O10S2.2Na/c1-27-9-10-30(25-41(27)57(49,50)51)44(48)31-15-20-40(42(26-31)58(52,53)54)56-39-8-4-6-37-35(39)22-24-46(37)32-16-11-28(12-17-32)43(47)29-13-18-33(19-14-29)55-38-7-3-5-36-34(38)21-23-45(36)2;;/h3-26H,1-2H3,(H,49,50,51)(H,52,53,54);;/q;2*+1/p-2. The predicted octanol–water partition coefficient (Wildman–Crippen LogP) is 2.29. The van der Waals surface area contributed by atoms with Crippen LogP contribution < -0.4 is 68.6 Å². The fraction of sp³-hybridized carbons (Fsp3) is 0.0455. The van der Waals surface area contributed by atoms with Gasteiger partial charge in [0.25, 0.3) is 0 Å². The molecule has 0 fully saturated rings. The molecule has 0 radical (unpaired) electrons. The van der Waals surface area contributed by atoms with E-state index in [1.54, 1.807) is 72.9 Å². The summed E-state index contributed by atoms with van der Waals surface area (Å²) in [6, 6.07) is 35.4. The fourth-order valence-corrected chi connectivity index (χ4v) is 8.14. The van der Waals surface area contributed by atoms with E-state index in [1.165, 1.54) is 25.1 Å². The van der Waals surface area contributed by atoms with Crippen LogP contribution in [-0.4, -0.2) is 46.6 Å². The van der Waals surface area contributed by atoms with Gasteiger partial charge in [0.2, 0.25) is 0 Å². The van der Waals surface area contributed by atoms with Crippen LogP contribution in [0.1, 0.15) is 37.4 Å². The molecule has 0 aliphatic carbocycles. The third kappa shape index (κ3) is 8.94. The smallest absolute Gasteiger partial charge is 0.744 e. The molecule has 2 heterocycles. The van der Waals surface area contributed by atoms with Crippen molar-refractivity contribution in [1.82, 2.24) is 9.13 Å². The minimum Gasteiger partial charge on any atom is -0.744 e. The van der Waals surface area contributed by atoms with E-state index in [0.717, 1.165) is 34.8 Å². The molecule has 0 aliphatic rings. The Morgan fingerprint density at radius 1 is 0.533 bits per heavy atom. The Kier molecular flexibility index (Phi) is 13.1. The molecule has 0 bridgehead atoms. The summed E-state index contributed by atoms with van der Waals surface area (Å²) in [7, 11) is -8.11. The monoisotopic (exact) mass is 856 g/mol. The number of aromatic nitrogens is 2. The fourth-order valence-electron chi connectivity index (χ4n) is 6.78. The van der Waals surface area contributed by atoms with E-state index in [1.807, 2.05) is 52.7 Å². The Labute approximate surface area is 389 Å². The van der Waals surface area contributed by atoms with E-state index in [4.69, 9.17) is 9.47 Å². The first-order valence-electron chi connectivity index (χ1n) is 17.6. The van der Waals surface area contributed by atoms with Crippen LogP contribution >= 0.6 is 0 Å². The van der Waals surface area contributed by atoms with Gasteiger partial charge >= 0.3 is 59.1 Å². The minimum atomic E-state index is -5.19. The summed E-state index contributed by atoms with van der Waals surface area (Å²) in [5.74, 6) is 0.199. The van der Waals surface area contributed by atoms with Crippen molar-refractivity contribution < 1.29 is 104 Å². The maximum atomic E-state index is 13.4. The van der Waals surface area contributed by atoms with Crippen LogP contribution in [0.3, 0.4) is 0 Å². The predicted molar refractivity (Wildman–Crippen MR) is 213 cm³/mol. The van der Waals surface area contributed by atoms with Crippen molar-refractivity contribution in [2.45, 2.75) is 16.7 Å². The SMILES string of the molecule is Cc1ccc(C(=O)c2ccc(Oc3cccc4c3ccn4-c3ccc(C(=O)c4ccc(Oc5cccc6c5ccn6C)cc4)cc3)c(S(=O)(=O)[O-])c2)cc1S(=O)(=O)[O-].[Na+].[Na+]. The molecule has 0 spiro atoms. The van der Waals surface area contributed by atoms with Crippen molar-refractivity contribution in [2.24, 2.45) is 7.05 Å². The van der Waals surface area contributed by atoms with Crippen molar-refractivity contribution in [3.8, 4) is 28.7 Å². The Hall–Kier alpha value is -4.84. The van der Waals surface area contributed by atoms with Gasteiger partial charge in [-0.05, 0) is 122 Å². The van der Waals surface area contributed by atoms with Gasteiger partial charge in [-0.2, -0.15) is 0 Å². The number of hydrogen-bond donors (Lipinski definition) is 0. The number of ketones is 2. The van der Waals surface area contributed by atoms with Gasteiger partial charge in [-0.25, -0.2) is 16.8 Å². The number of fused-ring (bicyclic) bond motifs is 2. The molecule has 0 saturated carbocycles. The second kappa shape index (κ2) is 17.6. The summed E-state index contributed by atoms with van der Waals surface area (Å²) >= 11 is 0. The van der Waals surface area contributed by atoms with Gasteiger partial charge in [0.15, 0.2) is 11.6 Å². The molecule has 60 heavy (non-hydrogen) atoms. The number of ether oxygens (including phenoxy) is 2. The van der Waals surface area contributed by atoms with Crippen LogP contribution in [-0.2, 0) is 27.3 Å². The summed E-state index contributed by atoms with van der Waals surface area (Å²) in [6.45, 7) is 1.40. The maximum absolute atomic E-state index is 13.4. The van der Waals surface area contributed by atoms with Crippen molar-refractivity contribution in [3.05, 3.63) is 174 Å². The van der Waals surface area contributed by atoms with Crippen molar-refractivity contribution >= 4 is 53.6 Å². The van der Waals surface area contributed by atoms with E-state index in [9.17, 15) is 35.5 Å². The number of nitrogens with zero attached hydrogens (tertiary/aromatic N) is 2. The zero-order valence-electron chi connectivity index (χ0n) is 32.6. The maximum Gasteiger partial charge on any atom is 1.00 e. The molecule has 0 saturated heterocycles. The van der Waals surface area contributed by atoms with Crippen LogP contribution in [0.4, 0.5) is 0 Å². The van der Waals surface area contributed by atoms with Crippen LogP contribution in [0.15, 0.2) is 156 Å². The third-order valence-corrected chi connectivity index (χ3v) is 11.6. The van der Waals surface area contributed by atoms with Gasteiger partial charge in [-0.1, -0.05) is 24.3 Å². The molecule has 0 atom stereocenters.